The van der Waals surface area contributed by atoms with E-state index in [9.17, 15) is 14.7 Å². The maximum atomic E-state index is 12.9. The Labute approximate surface area is 205 Å². The van der Waals surface area contributed by atoms with Gasteiger partial charge < -0.3 is 33.5 Å². The molecule has 35 heavy (non-hydrogen) atoms. The van der Waals surface area contributed by atoms with Crippen LogP contribution in [0.3, 0.4) is 0 Å². The van der Waals surface area contributed by atoms with E-state index in [0.717, 1.165) is 5.56 Å². The summed E-state index contributed by atoms with van der Waals surface area (Å²) in [6.45, 7) is 7.11. The number of carbonyl (C=O) groups is 2. The second-order valence-corrected chi connectivity index (χ2v) is 8.39. The Morgan fingerprint density at radius 3 is 2.14 bits per heavy atom. The highest BCUT2D eigenvalue weighted by Crippen LogP contribution is 2.44. The third-order valence-electron chi connectivity index (χ3n) is 5.22. The first-order valence-corrected chi connectivity index (χ1v) is 11.1. The normalized spacial score (nSPS) is 11.9. The van der Waals surface area contributed by atoms with Gasteiger partial charge in [-0.1, -0.05) is 13.8 Å². The lowest BCUT2D eigenvalue weighted by Crippen LogP contribution is -2.15. The molecule has 9 nitrogen and oxygen atoms in total. The largest absolute Gasteiger partial charge is 0.504 e. The number of methoxy groups -OCH3 is 4. The number of aromatic hydroxyl groups is 1. The average Bonchev–Trinajstić information content (AvgIpc) is 2.79. The summed E-state index contributed by atoms with van der Waals surface area (Å²) in [5.41, 5.74) is 1.64. The number of rotatable bonds is 11. The number of ether oxygens (including phenoxy) is 6. The van der Waals surface area contributed by atoms with Crippen molar-refractivity contribution in [2.45, 2.75) is 46.5 Å². The molecule has 0 saturated carbocycles. The molecule has 0 heterocycles. The molecule has 0 aliphatic rings. The van der Waals surface area contributed by atoms with E-state index < -0.39 is 24.3 Å². The molecule has 0 aliphatic carbocycles. The third-order valence-corrected chi connectivity index (χ3v) is 5.22. The minimum absolute atomic E-state index is 0.0225. The Hall–Kier alpha value is -3.30. The lowest BCUT2D eigenvalue weighted by atomic mass is 9.96. The van der Waals surface area contributed by atoms with Gasteiger partial charge in [-0.2, -0.15) is 0 Å². The van der Waals surface area contributed by atoms with Crippen LogP contribution in [0, 0.1) is 12.8 Å². The molecule has 2 aromatic carbocycles. The average molecular weight is 491 g/mol. The van der Waals surface area contributed by atoms with E-state index >= 15 is 0 Å². The number of aryl methyl sites for hydroxylation is 1. The number of carbonyl (C=O) groups excluding carboxylic acids is 2. The molecule has 192 valence electrons. The predicted octanol–water partition coefficient (Wildman–Crippen LogP) is 5.23. The van der Waals surface area contributed by atoms with Crippen molar-refractivity contribution in [2.75, 3.05) is 28.4 Å². The molecule has 0 unspecified atom stereocenters. The van der Waals surface area contributed by atoms with Crippen LogP contribution >= 0.6 is 0 Å². The van der Waals surface area contributed by atoms with Crippen molar-refractivity contribution in [3.63, 3.8) is 0 Å². The molecule has 0 bridgehead atoms. The number of phenolic OH excluding ortho intramolecular Hbond substituents is 1. The predicted molar refractivity (Wildman–Crippen MR) is 128 cm³/mol. The van der Waals surface area contributed by atoms with Gasteiger partial charge >= 0.3 is 11.9 Å². The van der Waals surface area contributed by atoms with Crippen molar-refractivity contribution in [1.82, 2.24) is 0 Å². The summed E-state index contributed by atoms with van der Waals surface area (Å²) in [6, 6.07) is 6.46. The molecule has 2 rings (SSSR count). The van der Waals surface area contributed by atoms with Crippen molar-refractivity contribution in [3.8, 4) is 23.0 Å². The van der Waals surface area contributed by atoms with Gasteiger partial charge in [-0.25, -0.2) is 4.79 Å². The molecule has 1 N–H and O–H groups in total. The summed E-state index contributed by atoms with van der Waals surface area (Å²) in [7, 11) is 5.55. The van der Waals surface area contributed by atoms with Crippen molar-refractivity contribution >= 4 is 11.9 Å². The highest BCUT2D eigenvalue weighted by Gasteiger charge is 2.30. The van der Waals surface area contributed by atoms with Crippen LogP contribution in [0.15, 0.2) is 24.3 Å². The monoisotopic (exact) mass is 490 g/mol. The maximum Gasteiger partial charge on any atom is 0.345 e. The van der Waals surface area contributed by atoms with Gasteiger partial charge in [0.2, 0.25) is 0 Å². The molecule has 0 aliphatic heterocycles. The van der Waals surface area contributed by atoms with E-state index in [1.165, 1.54) is 41.4 Å². The highest BCUT2D eigenvalue weighted by molar-refractivity contribution is 5.96. The molecule has 0 spiro atoms. The van der Waals surface area contributed by atoms with E-state index in [0.29, 0.717) is 17.5 Å². The van der Waals surface area contributed by atoms with Gasteiger partial charge in [-0.05, 0) is 49.1 Å². The minimum atomic E-state index is -0.835. The summed E-state index contributed by atoms with van der Waals surface area (Å²) in [4.78, 5) is 24.7. The Bertz CT molecular complexity index is 1040. The summed E-state index contributed by atoms with van der Waals surface area (Å²) in [5, 5.41) is 10.7. The molecule has 0 aromatic heterocycles. The molecular weight excluding hydrogens is 456 g/mol. The molecular formula is C26H34O9. The van der Waals surface area contributed by atoms with Crippen LogP contribution < -0.4 is 9.47 Å². The van der Waals surface area contributed by atoms with Gasteiger partial charge in [0.05, 0.1) is 19.8 Å². The van der Waals surface area contributed by atoms with Crippen molar-refractivity contribution in [1.29, 1.82) is 0 Å². The van der Waals surface area contributed by atoms with Crippen LogP contribution in [0.5, 0.6) is 23.0 Å². The van der Waals surface area contributed by atoms with E-state index in [1.54, 1.807) is 25.1 Å². The maximum absolute atomic E-state index is 12.9. The SMILES string of the molecule is COC(=O)c1c(Oc2c(O)cc(C)cc2C(OC)OC)ccc([C@H](CC(C)C)OC(C)=O)c1OC. The zero-order valence-electron chi connectivity index (χ0n) is 21.5. The van der Waals surface area contributed by atoms with Crippen LogP contribution in [0.1, 0.15) is 66.6 Å². The van der Waals surface area contributed by atoms with Gasteiger partial charge in [-0.3, -0.25) is 4.79 Å². The third kappa shape index (κ3) is 6.64. The number of hydrogen-bond acceptors (Lipinski definition) is 9. The zero-order valence-corrected chi connectivity index (χ0v) is 21.5. The van der Waals surface area contributed by atoms with Crippen LogP contribution in [0.4, 0.5) is 0 Å². The highest BCUT2D eigenvalue weighted by atomic mass is 16.7. The van der Waals surface area contributed by atoms with Crippen LogP contribution in [-0.4, -0.2) is 45.5 Å². The van der Waals surface area contributed by atoms with Gasteiger partial charge in [0.1, 0.15) is 23.2 Å². The van der Waals surface area contributed by atoms with Gasteiger partial charge in [0.15, 0.2) is 17.8 Å². The second kappa shape index (κ2) is 12.4. The lowest BCUT2D eigenvalue weighted by molar-refractivity contribution is -0.147. The topological polar surface area (TPSA) is 110 Å². The van der Waals surface area contributed by atoms with E-state index in [1.807, 2.05) is 13.8 Å². The number of benzene rings is 2. The molecule has 2 aromatic rings. The summed E-state index contributed by atoms with van der Waals surface area (Å²) in [6.07, 6.45) is -0.990. The van der Waals surface area contributed by atoms with Gasteiger partial charge in [0, 0.05) is 26.7 Å². The Morgan fingerprint density at radius 1 is 0.971 bits per heavy atom. The van der Waals surface area contributed by atoms with Crippen molar-refractivity contribution < 1.29 is 43.1 Å². The van der Waals surface area contributed by atoms with Gasteiger partial charge in [-0.15, -0.1) is 0 Å². The number of phenols is 1. The first-order chi connectivity index (χ1) is 16.6. The quantitative estimate of drug-likeness (QED) is 0.334. The Balaban J connectivity index is 2.74. The summed E-state index contributed by atoms with van der Waals surface area (Å²) >= 11 is 0. The fourth-order valence-electron chi connectivity index (χ4n) is 3.83. The lowest BCUT2D eigenvalue weighted by Gasteiger charge is -2.24. The van der Waals surface area contributed by atoms with E-state index in [-0.39, 0.29) is 34.5 Å². The first kappa shape index (κ1) is 27.9. The fraction of sp³-hybridized carbons (Fsp3) is 0.462. The Kier molecular flexibility index (Phi) is 9.91. The fourth-order valence-corrected chi connectivity index (χ4v) is 3.83. The molecule has 0 saturated heterocycles. The van der Waals surface area contributed by atoms with E-state index in [2.05, 4.69) is 0 Å². The standard InChI is InChI=1S/C26H34O9/c1-14(2)11-21(34-16(4)27)17-9-10-20(22(24(17)30-5)25(29)31-6)35-23-18(26(32-7)33-8)12-15(3)13-19(23)28/h9-10,12-14,21,26,28H,11H2,1-8H3/t21-/m0/s1. The first-order valence-electron chi connectivity index (χ1n) is 11.1. The molecule has 9 heteroatoms. The van der Waals surface area contributed by atoms with Crippen LogP contribution in [-0.2, 0) is 23.7 Å². The summed E-state index contributed by atoms with van der Waals surface area (Å²) < 4.78 is 33.0. The van der Waals surface area contributed by atoms with Crippen molar-refractivity contribution in [3.05, 3.63) is 46.5 Å². The minimum Gasteiger partial charge on any atom is -0.504 e. The molecule has 0 radical (unpaired) electrons. The van der Waals surface area contributed by atoms with Crippen LogP contribution in [0.25, 0.3) is 0 Å². The smallest absolute Gasteiger partial charge is 0.345 e. The number of hydrogen-bond donors (Lipinski definition) is 1. The van der Waals surface area contributed by atoms with Gasteiger partial charge in [0.25, 0.3) is 0 Å². The molecule has 1 atom stereocenters. The number of esters is 2. The van der Waals surface area contributed by atoms with Crippen molar-refractivity contribution in [2.24, 2.45) is 5.92 Å². The van der Waals surface area contributed by atoms with Crippen LogP contribution in [0.2, 0.25) is 0 Å². The zero-order chi connectivity index (χ0) is 26.3. The molecule has 0 fully saturated rings. The molecule has 0 amide bonds. The Morgan fingerprint density at radius 2 is 1.63 bits per heavy atom. The summed E-state index contributed by atoms with van der Waals surface area (Å²) in [5.74, 6) is -0.920. The van der Waals surface area contributed by atoms with E-state index in [4.69, 9.17) is 28.4 Å². The second-order valence-electron chi connectivity index (χ2n) is 8.39.